The third-order valence-electron chi connectivity index (χ3n) is 1.92. The van der Waals surface area contributed by atoms with Gasteiger partial charge in [0.15, 0.2) is 0 Å². The Morgan fingerprint density at radius 3 is 2.47 bits per heavy atom. The number of hydrogen-bond acceptors (Lipinski definition) is 4. The Kier molecular flexibility index (Phi) is 6.55. The number of aryl methyl sites for hydroxylation is 1. The fraction of sp³-hybridized carbons (Fsp3) is 0.417. The van der Waals surface area contributed by atoms with E-state index in [0.717, 1.165) is 0 Å². The normalized spacial score (nSPS) is 8.94. The molecule has 94 valence electrons. The lowest BCUT2D eigenvalue weighted by molar-refractivity contribution is -0.385. The van der Waals surface area contributed by atoms with Crippen molar-refractivity contribution in [1.29, 1.82) is 0 Å². The van der Waals surface area contributed by atoms with Crippen LogP contribution in [0.25, 0.3) is 0 Å². The van der Waals surface area contributed by atoms with Gasteiger partial charge in [0.05, 0.1) is 17.1 Å². The molecule has 1 aromatic carbocycles. The number of nitro benzene ring substituents is 1. The van der Waals surface area contributed by atoms with Gasteiger partial charge in [-0.25, -0.2) is 4.79 Å². The van der Waals surface area contributed by atoms with Gasteiger partial charge in [0, 0.05) is 11.6 Å². The molecule has 0 spiro atoms. The highest BCUT2D eigenvalue weighted by Gasteiger charge is 2.15. The summed E-state index contributed by atoms with van der Waals surface area (Å²) in [5.74, 6) is -0.541. The number of hydrogen-bond donors (Lipinski definition) is 0. The Labute approximate surface area is 101 Å². The van der Waals surface area contributed by atoms with E-state index in [1.165, 1.54) is 18.2 Å². The van der Waals surface area contributed by atoms with Crippen LogP contribution in [-0.2, 0) is 4.74 Å². The van der Waals surface area contributed by atoms with Crippen LogP contribution in [0.5, 0.6) is 0 Å². The fourth-order valence-corrected chi connectivity index (χ4v) is 1.15. The first kappa shape index (κ1) is 15.1. The third kappa shape index (κ3) is 4.22. The summed E-state index contributed by atoms with van der Waals surface area (Å²) >= 11 is 0. The van der Waals surface area contributed by atoms with Gasteiger partial charge in [0.1, 0.15) is 0 Å². The molecule has 0 aliphatic rings. The topological polar surface area (TPSA) is 69.4 Å². The maximum Gasteiger partial charge on any atom is 0.338 e. The lowest BCUT2D eigenvalue weighted by Gasteiger charge is -2.02. The predicted octanol–water partition coefficient (Wildman–Crippen LogP) is 3.11. The van der Waals surface area contributed by atoms with Gasteiger partial charge >= 0.3 is 5.97 Å². The maximum atomic E-state index is 11.3. The van der Waals surface area contributed by atoms with E-state index in [2.05, 4.69) is 0 Å². The smallest absolute Gasteiger partial charge is 0.338 e. The molecule has 0 aliphatic carbocycles. The summed E-state index contributed by atoms with van der Waals surface area (Å²) in [6.45, 7) is 7.55. The van der Waals surface area contributed by atoms with E-state index in [-0.39, 0.29) is 17.9 Å². The van der Waals surface area contributed by atoms with Crippen LogP contribution in [-0.4, -0.2) is 17.5 Å². The van der Waals surface area contributed by atoms with Crippen LogP contribution in [0.3, 0.4) is 0 Å². The average Bonchev–Trinajstić information content (AvgIpc) is 2.32. The van der Waals surface area contributed by atoms with Gasteiger partial charge in [-0.2, -0.15) is 0 Å². The fourth-order valence-electron chi connectivity index (χ4n) is 1.15. The molecular weight excluding hydrogens is 222 g/mol. The zero-order valence-electron chi connectivity index (χ0n) is 10.5. The van der Waals surface area contributed by atoms with Crippen molar-refractivity contribution >= 4 is 11.7 Å². The van der Waals surface area contributed by atoms with Gasteiger partial charge in [-0.05, 0) is 19.9 Å². The number of nitrogens with zero attached hydrogens (tertiary/aromatic N) is 1. The number of carbonyl (C=O) groups excluding carboxylic acids is 1. The first-order valence-electron chi connectivity index (χ1n) is 5.48. The Morgan fingerprint density at radius 2 is 2.00 bits per heavy atom. The second-order valence-electron chi connectivity index (χ2n) is 2.98. The second kappa shape index (κ2) is 7.38. The molecular formula is C12H17NO4. The largest absolute Gasteiger partial charge is 0.462 e. The number of nitro groups is 1. The zero-order chi connectivity index (χ0) is 13.4. The Hall–Kier alpha value is -1.91. The molecule has 0 aliphatic heterocycles. The molecule has 0 aromatic heterocycles. The molecule has 17 heavy (non-hydrogen) atoms. The van der Waals surface area contributed by atoms with Crippen molar-refractivity contribution in [3.8, 4) is 0 Å². The number of rotatable bonds is 3. The van der Waals surface area contributed by atoms with Gasteiger partial charge in [-0.1, -0.05) is 19.9 Å². The minimum absolute atomic E-state index is 0.0689. The summed E-state index contributed by atoms with van der Waals surface area (Å²) in [5.41, 5.74) is 0.655. The minimum Gasteiger partial charge on any atom is -0.462 e. The molecule has 0 bridgehead atoms. The monoisotopic (exact) mass is 239 g/mol. The van der Waals surface area contributed by atoms with E-state index in [9.17, 15) is 14.9 Å². The van der Waals surface area contributed by atoms with Crippen LogP contribution in [0.2, 0.25) is 0 Å². The minimum atomic E-state index is -0.541. The van der Waals surface area contributed by atoms with Crippen LogP contribution < -0.4 is 0 Å². The van der Waals surface area contributed by atoms with Crippen molar-refractivity contribution in [2.45, 2.75) is 27.7 Å². The molecule has 0 saturated carbocycles. The van der Waals surface area contributed by atoms with Crippen LogP contribution in [0.15, 0.2) is 18.2 Å². The van der Waals surface area contributed by atoms with Crippen LogP contribution in [0.4, 0.5) is 5.69 Å². The van der Waals surface area contributed by atoms with Gasteiger partial charge in [-0.15, -0.1) is 0 Å². The van der Waals surface area contributed by atoms with Gasteiger partial charge in [0.25, 0.3) is 5.69 Å². The van der Waals surface area contributed by atoms with Crippen molar-refractivity contribution in [3.63, 3.8) is 0 Å². The molecule has 0 atom stereocenters. The van der Waals surface area contributed by atoms with E-state index in [1.54, 1.807) is 13.8 Å². The summed E-state index contributed by atoms with van der Waals surface area (Å²) in [6.07, 6.45) is 0. The van der Waals surface area contributed by atoms with Crippen molar-refractivity contribution in [3.05, 3.63) is 39.4 Å². The third-order valence-corrected chi connectivity index (χ3v) is 1.92. The molecule has 1 rings (SSSR count). The molecule has 0 heterocycles. The van der Waals surface area contributed by atoms with Gasteiger partial charge in [0.2, 0.25) is 0 Å². The highest BCUT2D eigenvalue weighted by molar-refractivity contribution is 5.90. The van der Waals surface area contributed by atoms with Gasteiger partial charge in [-0.3, -0.25) is 10.1 Å². The standard InChI is InChI=1S/C10H11NO4.C2H6/c1-3-15-10(12)8-5-4-7(2)9(6-8)11(13)14;1-2/h4-6H,3H2,1-2H3;1-2H3. The quantitative estimate of drug-likeness (QED) is 0.461. The molecule has 0 N–H and O–H groups in total. The molecule has 1 aromatic rings. The number of ether oxygens (including phenoxy) is 1. The average molecular weight is 239 g/mol. The van der Waals surface area contributed by atoms with E-state index in [4.69, 9.17) is 4.74 Å². The lowest BCUT2D eigenvalue weighted by Crippen LogP contribution is -2.05. The molecule has 0 amide bonds. The van der Waals surface area contributed by atoms with Crippen LogP contribution in [0, 0.1) is 17.0 Å². The SMILES string of the molecule is CC.CCOC(=O)c1ccc(C)c([N+](=O)[O-])c1. The first-order valence-corrected chi connectivity index (χ1v) is 5.48. The predicted molar refractivity (Wildman–Crippen MR) is 65.1 cm³/mol. The molecule has 5 nitrogen and oxygen atoms in total. The van der Waals surface area contributed by atoms with Crippen molar-refractivity contribution in [2.75, 3.05) is 6.61 Å². The van der Waals surface area contributed by atoms with E-state index < -0.39 is 10.9 Å². The highest BCUT2D eigenvalue weighted by atomic mass is 16.6. The summed E-state index contributed by atoms with van der Waals surface area (Å²) in [5, 5.41) is 10.6. The number of benzene rings is 1. The maximum absolute atomic E-state index is 11.3. The van der Waals surface area contributed by atoms with E-state index in [1.807, 2.05) is 13.8 Å². The van der Waals surface area contributed by atoms with Crippen molar-refractivity contribution < 1.29 is 14.5 Å². The number of carbonyl (C=O) groups is 1. The Morgan fingerprint density at radius 1 is 1.41 bits per heavy atom. The van der Waals surface area contributed by atoms with Crippen LogP contribution in [0.1, 0.15) is 36.7 Å². The molecule has 0 unspecified atom stereocenters. The molecule has 5 heteroatoms. The lowest BCUT2D eigenvalue weighted by atomic mass is 10.1. The number of esters is 1. The summed E-state index contributed by atoms with van der Waals surface area (Å²) in [6, 6.07) is 4.28. The summed E-state index contributed by atoms with van der Waals surface area (Å²) < 4.78 is 4.74. The first-order chi connectivity index (χ1) is 8.06. The van der Waals surface area contributed by atoms with Gasteiger partial charge < -0.3 is 4.74 Å². The molecule has 0 saturated heterocycles. The molecule has 0 radical (unpaired) electrons. The van der Waals surface area contributed by atoms with Crippen molar-refractivity contribution in [2.24, 2.45) is 0 Å². The van der Waals surface area contributed by atoms with Crippen molar-refractivity contribution in [1.82, 2.24) is 0 Å². The van der Waals surface area contributed by atoms with Crippen LogP contribution >= 0.6 is 0 Å². The Bertz CT molecular complexity index is 401. The summed E-state index contributed by atoms with van der Waals surface area (Å²) in [7, 11) is 0. The summed E-state index contributed by atoms with van der Waals surface area (Å²) in [4.78, 5) is 21.4. The second-order valence-corrected chi connectivity index (χ2v) is 2.98. The zero-order valence-corrected chi connectivity index (χ0v) is 10.5. The molecule has 0 fully saturated rings. The van der Waals surface area contributed by atoms with E-state index in [0.29, 0.717) is 5.56 Å². The highest BCUT2D eigenvalue weighted by Crippen LogP contribution is 2.19. The van der Waals surface area contributed by atoms with E-state index >= 15 is 0 Å². The Balaban J connectivity index is 0.00000121.